The number of thiocarbonyl (C=S) groups is 1. The lowest BCUT2D eigenvalue weighted by molar-refractivity contribution is 0.0535. The number of amides is 1. The van der Waals surface area contributed by atoms with Crippen molar-refractivity contribution in [1.82, 2.24) is 5.32 Å². The highest BCUT2D eigenvalue weighted by atomic mass is 35.5. The molecule has 2 aromatic rings. The Balaban J connectivity index is 1.64. The Morgan fingerprint density at radius 2 is 1.91 bits per heavy atom. The Kier molecular flexibility index (Phi) is 4.27. The van der Waals surface area contributed by atoms with E-state index in [-0.39, 0.29) is 23.6 Å². The zero-order valence-corrected chi connectivity index (χ0v) is 13.3. The molecule has 2 aromatic carbocycles. The van der Waals surface area contributed by atoms with E-state index in [0.717, 1.165) is 5.56 Å². The predicted octanol–water partition coefficient (Wildman–Crippen LogP) is 3.14. The van der Waals surface area contributed by atoms with Crippen LogP contribution in [0, 0.1) is 0 Å². The fraction of sp³-hybridized carbons (Fsp3) is 0.0625. The smallest absolute Gasteiger partial charge is 0.338 e. The maximum absolute atomic E-state index is 12.0. The molecule has 1 heterocycles. The summed E-state index contributed by atoms with van der Waals surface area (Å²) in [6.45, 7) is 0.244. The summed E-state index contributed by atoms with van der Waals surface area (Å²) in [5, 5.41) is 6.20. The van der Waals surface area contributed by atoms with E-state index in [1.165, 1.54) is 0 Å². The first-order chi connectivity index (χ1) is 11.0. The quantitative estimate of drug-likeness (QED) is 0.646. The van der Waals surface area contributed by atoms with Crippen LogP contribution in [0.25, 0.3) is 0 Å². The van der Waals surface area contributed by atoms with Gasteiger partial charge in [-0.15, -0.1) is 0 Å². The highest BCUT2D eigenvalue weighted by Gasteiger charge is 2.21. The largest absolute Gasteiger partial charge is 0.457 e. The predicted molar refractivity (Wildman–Crippen MR) is 90.7 cm³/mol. The first-order valence-corrected chi connectivity index (χ1v) is 7.49. The number of fused-ring (bicyclic) bond motifs is 1. The van der Waals surface area contributed by atoms with E-state index < -0.39 is 0 Å². The van der Waals surface area contributed by atoms with Gasteiger partial charge in [0.2, 0.25) is 0 Å². The van der Waals surface area contributed by atoms with Crippen LogP contribution in [0.5, 0.6) is 0 Å². The number of anilines is 1. The van der Waals surface area contributed by atoms with Gasteiger partial charge in [0.25, 0.3) is 5.91 Å². The van der Waals surface area contributed by atoms with Crippen LogP contribution in [0.3, 0.4) is 0 Å². The van der Waals surface area contributed by atoms with E-state index >= 15 is 0 Å². The van der Waals surface area contributed by atoms with Gasteiger partial charge in [0, 0.05) is 21.8 Å². The van der Waals surface area contributed by atoms with Crippen LogP contribution in [0.4, 0.5) is 5.69 Å². The van der Waals surface area contributed by atoms with Crippen LogP contribution < -0.4 is 10.6 Å². The van der Waals surface area contributed by atoms with E-state index in [0.29, 0.717) is 21.8 Å². The molecule has 0 fully saturated rings. The molecule has 0 saturated heterocycles. The van der Waals surface area contributed by atoms with Gasteiger partial charge in [-0.3, -0.25) is 10.1 Å². The van der Waals surface area contributed by atoms with E-state index in [9.17, 15) is 9.59 Å². The summed E-state index contributed by atoms with van der Waals surface area (Å²) in [4.78, 5) is 23.4. The van der Waals surface area contributed by atoms with Crippen molar-refractivity contribution in [2.45, 2.75) is 6.61 Å². The molecule has 0 spiro atoms. The highest BCUT2D eigenvalue weighted by molar-refractivity contribution is 7.80. The minimum atomic E-state index is -0.334. The van der Waals surface area contributed by atoms with E-state index in [4.69, 9.17) is 28.6 Å². The Morgan fingerprint density at radius 3 is 2.65 bits per heavy atom. The second-order valence-electron chi connectivity index (χ2n) is 4.86. The van der Waals surface area contributed by atoms with Gasteiger partial charge in [-0.1, -0.05) is 11.6 Å². The average Bonchev–Trinajstić information content (AvgIpc) is 2.88. The fourth-order valence-corrected chi connectivity index (χ4v) is 2.49. The number of halogens is 1. The lowest BCUT2D eigenvalue weighted by atomic mass is 10.1. The maximum atomic E-state index is 12.0. The van der Waals surface area contributed by atoms with Gasteiger partial charge in [-0.2, -0.15) is 0 Å². The Labute approximate surface area is 142 Å². The number of esters is 1. The lowest BCUT2D eigenvalue weighted by Gasteiger charge is -2.10. The number of benzene rings is 2. The van der Waals surface area contributed by atoms with E-state index in [1.54, 1.807) is 42.5 Å². The molecule has 2 N–H and O–H groups in total. The van der Waals surface area contributed by atoms with Gasteiger partial charge >= 0.3 is 5.97 Å². The zero-order valence-electron chi connectivity index (χ0n) is 11.8. The van der Waals surface area contributed by atoms with Crippen molar-refractivity contribution in [3.8, 4) is 0 Å². The van der Waals surface area contributed by atoms with Crippen LogP contribution >= 0.6 is 23.8 Å². The monoisotopic (exact) mass is 346 g/mol. The van der Waals surface area contributed by atoms with Crippen molar-refractivity contribution in [1.29, 1.82) is 0 Å². The summed E-state index contributed by atoms with van der Waals surface area (Å²) in [5.74, 6) is -0.663. The Bertz CT molecular complexity index is 805. The number of carbonyl (C=O) groups is 2. The van der Waals surface area contributed by atoms with Crippen molar-refractivity contribution in [3.05, 3.63) is 64.2 Å². The molecule has 3 rings (SSSR count). The van der Waals surface area contributed by atoms with Crippen LogP contribution in [-0.2, 0) is 11.3 Å². The van der Waals surface area contributed by atoms with Crippen LogP contribution in [-0.4, -0.2) is 17.0 Å². The fourth-order valence-electron chi connectivity index (χ4n) is 2.15. The minimum absolute atomic E-state index is 0.162. The van der Waals surface area contributed by atoms with Crippen molar-refractivity contribution in [2.75, 3.05) is 5.32 Å². The van der Waals surface area contributed by atoms with Crippen LogP contribution in [0.15, 0.2) is 42.5 Å². The van der Waals surface area contributed by atoms with Crippen molar-refractivity contribution in [2.24, 2.45) is 0 Å². The summed E-state index contributed by atoms with van der Waals surface area (Å²) in [6, 6.07) is 11.6. The van der Waals surface area contributed by atoms with E-state index in [2.05, 4.69) is 10.6 Å². The number of ether oxygens (including phenoxy) is 1. The average molecular weight is 347 g/mol. The number of carbonyl (C=O) groups excluding carboxylic acids is 2. The molecule has 0 aliphatic carbocycles. The molecular formula is C16H11ClN2O3S. The molecule has 1 amide bonds. The standard InChI is InChI=1S/C16H11ClN2O3S/c17-11-3-1-9(2-4-11)14(20)19-16(23)18-12-5-6-13-10(7-12)8-22-15(13)21/h1-7H,8H2,(H2,18,19,20,23). The van der Waals surface area contributed by atoms with Gasteiger partial charge in [0.05, 0.1) is 5.56 Å². The molecular weight excluding hydrogens is 336 g/mol. The number of rotatable bonds is 2. The van der Waals surface area contributed by atoms with Crippen molar-refractivity contribution >= 4 is 46.5 Å². The molecule has 1 aliphatic rings. The third kappa shape index (κ3) is 3.49. The summed E-state index contributed by atoms with van der Waals surface area (Å²) >= 11 is 10.9. The summed E-state index contributed by atoms with van der Waals surface area (Å²) < 4.78 is 4.94. The number of nitrogens with one attached hydrogen (secondary N) is 2. The molecule has 7 heteroatoms. The first-order valence-electron chi connectivity index (χ1n) is 6.71. The molecule has 0 saturated carbocycles. The van der Waals surface area contributed by atoms with Crippen molar-refractivity contribution < 1.29 is 14.3 Å². The normalized spacial score (nSPS) is 12.3. The number of cyclic esters (lactones) is 1. The molecule has 116 valence electrons. The topological polar surface area (TPSA) is 67.4 Å². The summed E-state index contributed by atoms with van der Waals surface area (Å²) in [5.41, 5.74) is 2.45. The van der Waals surface area contributed by atoms with Gasteiger partial charge in [-0.05, 0) is 54.7 Å². The highest BCUT2D eigenvalue weighted by Crippen LogP contribution is 2.23. The van der Waals surface area contributed by atoms with Crippen LogP contribution in [0.1, 0.15) is 26.3 Å². The molecule has 5 nitrogen and oxygen atoms in total. The van der Waals surface area contributed by atoms with E-state index in [1.807, 2.05) is 0 Å². The number of hydrogen-bond acceptors (Lipinski definition) is 4. The molecule has 0 radical (unpaired) electrons. The maximum Gasteiger partial charge on any atom is 0.338 e. The third-order valence-corrected chi connectivity index (χ3v) is 3.73. The van der Waals surface area contributed by atoms with Crippen molar-refractivity contribution in [3.63, 3.8) is 0 Å². The molecule has 0 aromatic heterocycles. The Morgan fingerprint density at radius 1 is 1.17 bits per heavy atom. The summed E-state index contributed by atoms with van der Waals surface area (Å²) in [6.07, 6.45) is 0. The summed E-state index contributed by atoms with van der Waals surface area (Å²) in [7, 11) is 0. The lowest BCUT2D eigenvalue weighted by Crippen LogP contribution is -2.34. The molecule has 0 bridgehead atoms. The van der Waals surface area contributed by atoms with Gasteiger partial charge < -0.3 is 10.1 Å². The van der Waals surface area contributed by atoms with Crippen LogP contribution in [0.2, 0.25) is 5.02 Å². The zero-order chi connectivity index (χ0) is 16.4. The Hall–Kier alpha value is -2.44. The van der Waals surface area contributed by atoms with Gasteiger partial charge in [0.1, 0.15) is 6.61 Å². The second-order valence-corrected chi connectivity index (χ2v) is 5.71. The first kappa shape index (κ1) is 15.5. The molecule has 23 heavy (non-hydrogen) atoms. The van der Waals surface area contributed by atoms with Gasteiger partial charge in [-0.25, -0.2) is 4.79 Å². The molecule has 0 unspecified atom stereocenters. The molecule has 0 atom stereocenters. The third-order valence-electron chi connectivity index (χ3n) is 3.28. The van der Waals surface area contributed by atoms with Gasteiger partial charge in [0.15, 0.2) is 5.11 Å². The SMILES string of the molecule is O=C(NC(=S)Nc1ccc2c(c1)COC2=O)c1ccc(Cl)cc1. The minimum Gasteiger partial charge on any atom is -0.457 e. The number of hydrogen-bond donors (Lipinski definition) is 2. The second kappa shape index (κ2) is 6.36. The molecule has 1 aliphatic heterocycles.